The van der Waals surface area contributed by atoms with Crippen molar-refractivity contribution in [1.29, 1.82) is 0 Å². The third kappa shape index (κ3) is 3.75. The molecule has 2 atom stereocenters. The van der Waals surface area contributed by atoms with Gasteiger partial charge in [-0.3, -0.25) is 4.79 Å². The monoisotopic (exact) mass is 365 g/mol. The van der Waals surface area contributed by atoms with E-state index in [0.717, 1.165) is 12.8 Å². The van der Waals surface area contributed by atoms with Crippen LogP contribution >= 0.6 is 23.4 Å². The molecule has 1 amide bonds. The van der Waals surface area contributed by atoms with Gasteiger partial charge in [-0.05, 0) is 45.2 Å². The second-order valence-electron chi connectivity index (χ2n) is 6.07. The molecular weight excluding hydrogens is 346 g/mol. The summed E-state index contributed by atoms with van der Waals surface area (Å²) >= 11 is 7.41. The molecule has 5 nitrogen and oxygen atoms in total. The van der Waals surface area contributed by atoms with Crippen LogP contribution in [-0.2, 0) is 4.79 Å². The topological polar surface area (TPSA) is 59.2 Å². The zero-order valence-electron chi connectivity index (χ0n) is 13.7. The fourth-order valence-electron chi connectivity index (χ4n) is 3.12. The number of piperidine rings is 1. The number of rotatable bonds is 4. The Morgan fingerprint density at radius 2 is 2.00 bits per heavy atom. The Morgan fingerprint density at radius 1 is 1.29 bits per heavy atom. The summed E-state index contributed by atoms with van der Waals surface area (Å²) in [4.78, 5) is 14.5. The van der Waals surface area contributed by atoms with E-state index in [1.54, 1.807) is 6.07 Å². The molecule has 1 saturated heterocycles. The minimum atomic E-state index is 0.122. The highest BCUT2D eigenvalue weighted by Gasteiger charge is 2.29. The lowest BCUT2D eigenvalue weighted by atomic mass is 9.98. The van der Waals surface area contributed by atoms with E-state index < -0.39 is 0 Å². The fourth-order valence-corrected chi connectivity index (χ4v) is 3.97. The summed E-state index contributed by atoms with van der Waals surface area (Å²) in [6.45, 7) is 4.22. The molecule has 1 aliphatic rings. The van der Waals surface area contributed by atoms with Gasteiger partial charge >= 0.3 is 0 Å². The average molecular weight is 366 g/mol. The number of carbonyl (C=O) groups excluding carboxylic acids is 1. The maximum Gasteiger partial charge on any atom is 0.277 e. The average Bonchev–Trinajstić information content (AvgIpc) is 3.02. The molecular formula is C17H20ClN3O2S. The molecule has 0 bridgehead atoms. The molecule has 1 fully saturated rings. The van der Waals surface area contributed by atoms with Crippen LogP contribution in [0.2, 0.25) is 5.02 Å². The first kappa shape index (κ1) is 17.3. The third-order valence-electron chi connectivity index (χ3n) is 4.31. The van der Waals surface area contributed by atoms with E-state index in [-0.39, 0.29) is 5.91 Å². The van der Waals surface area contributed by atoms with Crippen molar-refractivity contribution in [1.82, 2.24) is 15.1 Å². The lowest BCUT2D eigenvalue weighted by Crippen LogP contribution is -2.48. The van der Waals surface area contributed by atoms with Gasteiger partial charge in [0.2, 0.25) is 11.8 Å². The van der Waals surface area contributed by atoms with Gasteiger partial charge in [0.25, 0.3) is 5.22 Å². The van der Waals surface area contributed by atoms with Crippen LogP contribution in [0.5, 0.6) is 0 Å². The Labute approximate surface area is 150 Å². The Bertz CT molecular complexity index is 711. The highest BCUT2D eigenvalue weighted by molar-refractivity contribution is 7.99. The van der Waals surface area contributed by atoms with Crippen LogP contribution in [0.4, 0.5) is 0 Å². The molecule has 2 aromatic rings. The normalized spacial score (nSPS) is 21.0. The van der Waals surface area contributed by atoms with Crippen molar-refractivity contribution < 1.29 is 9.21 Å². The van der Waals surface area contributed by atoms with Crippen molar-refractivity contribution >= 4 is 29.3 Å². The molecule has 0 spiro atoms. The maximum absolute atomic E-state index is 12.5. The van der Waals surface area contributed by atoms with Gasteiger partial charge in [-0.1, -0.05) is 35.5 Å². The van der Waals surface area contributed by atoms with Crippen molar-refractivity contribution in [3.05, 3.63) is 29.3 Å². The van der Waals surface area contributed by atoms with E-state index in [1.807, 2.05) is 23.1 Å². The summed E-state index contributed by atoms with van der Waals surface area (Å²) in [5, 5.41) is 8.97. The van der Waals surface area contributed by atoms with Crippen molar-refractivity contribution in [2.24, 2.45) is 0 Å². The molecule has 1 aromatic heterocycles. The molecule has 0 saturated carbocycles. The molecule has 0 N–H and O–H groups in total. The smallest absolute Gasteiger partial charge is 0.277 e. The van der Waals surface area contributed by atoms with Gasteiger partial charge in [-0.2, -0.15) is 0 Å². The quantitative estimate of drug-likeness (QED) is 0.757. The summed E-state index contributed by atoms with van der Waals surface area (Å²) in [5.74, 6) is 0.797. The predicted molar refractivity (Wildman–Crippen MR) is 95.1 cm³/mol. The number of carbonyl (C=O) groups is 1. The molecule has 3 rings (SSSR count). The number of hydrogen-bond donors (Lipinski definition) is 0. The molecule has 128 valence electrons. The van der Waals surface area contributed by atoms with Crippen molar-refractivity contribution in [3.63, 3.8) is 0 Å². The van der Waals surface area contributed by atoms with E-state index in [2.05, 4.69) is 24.0 Å². The van der Waals surface area contributed by atoms with E-state index in [0.29, 0.717) is 39.5 Å². The second-order valence-corrected chi connectivity index (χ2v) is 7.41. The van der Waals surface area contributed by atoms with Gasteiger partial charge < -0.3 is 9.32 Å². The Balaban J connectivity index is 1.63. The van der Waals surface area contributed by atoms with Gasteiger partial charge in [-0.15, -0.1) is 10.2 Å². The van der Waals surface area contributed by atoms with Gasteiger partial charge in [0, 0.05) is 12.1 Å². The Morgan fingerprint density at radius 3 is 2.71 bits per heavy atom. The second kappa shape index (κ2) is 7.57. The molecule has 7 heteroatoms. The van der Waals surface area contributed by atoms with Crippen LogP contribution in [0.15, 0.2) is 33.9 Å². The minimum Gasteiger partial charge on any atom is -0.411 e. The standard InChI is InChI=1S/C17H20ClN3O2S/c1-11-6-5-7-12(2)21(11)15(22)10-24-17-20-19-16(23-17)13-8-3-4-9-14(13)18/h3-4,8-9,11-12H,5-7,10H2,1-2H3. The number of nitrogens with zero attached hydrogens (tertiary/aromatic N) is 3. The molecule has 2 heterocycles. The van der Waals surface area contributed by atoms with Crippen LogP contribution in [-0.4, -0.2) is 38.8 Å². The maximum atomic E-state index is 12.5. The van der Waals surface area contributed by atoms with Gasteiger partial charge in [0.15, 0.2) is 0 Å². The lowest BCUT2D eigenvalue weighted by Gasteiger charge is -2.39. The SMILES string of the molecule is CC1CCCC(C)N1C(=O)CSc1nnc(-c2ccccc2Cl)o1. The number of amides is 1. The number of hydrogen-bond acceptors (Lipinski definition) is 5. The number of aromatic nitrogens is 2. The fraction of sp³-hybridized carbons (Fsp3) is 0.471. The van der Waals surface area contributed by atoms with Crippen LogP contribution in [0.1, 0.15) is 33.1 Å². The van der Waals surface area contributed by atoms with E-state index in [1.165, 1.54) is 18.2 Å². The number of benzene rings is 1. The van der Waals surface area contributed by atoms with Crippen LogP contribution < -0.4 is 0 Å². The zero-order chi connectivity index (χ0) is 17.1. The molecule has 0 radical (unpaired) electrons. The van der Waals surface area contributed by atoms with Crippen molar-refractivity contribution in [2.75, 3.05) is 5.75 Å². The summed E-state index contributed by atoms with van der Waals surface area (Å²) in [6.07, 6.45) is 3.32. The number of likely N-dealkylation sites (tertiary alicyclic amines) is 1. The number of thioether (sulfide) groups is 1. The van der Waals surface area contributed by atoms with E-state index in [9.17, 15) is 4.79 Å². The Hall–Kier alpha value is -1.53. The first-order chi connectivity index (χ1) is 11.6. The largest absolute Gasteiger partial charge is 0.411 e. The first-order valence-electron chi connectivity index (χ1n) is 8.08. The van der Waals surface area contributed by atoms with Crippen LogP contribution in [0.25, 0.3) is 11.5 Å². The summed E-state index contributed by atoms with van der Waals surface area (Å²) in [5.41, 5.74) is 0.697. The molecule has 2 unspecified atom stereocenters. The van der Waals surface area contributed by atoms with Gasteiger partial charge in [0.05, 0.1) is 16.3 Å². The first-order valence-corrected chi connectivity index (χ1v) is 9.45. The van der Waals surface area contributed by atoms with Crippen molar-refractivity contribution in [3.8, 4) is 11.5 Å². The Kier molecular flexibility index (Phi) is 5.46. The van der Waals surface area contributed by atoms with Gasteiger partial charge in [0.1, 0.15) is 0 Å². The van der Waals surface area contributed by atoms with Crippen LogP contribution in [0, 0.1) is 0 Å². The lowest BCUT2D eigenvalue weighted by molar-refractivity contribution is -0.134. The minimum absolute atomic E-state index is 0.122. The van der Waals surface area contributed by atoms with Crippen LogP contribution in [0.3, 0.4) is 0 Å². The number of halogens is 1. The highest BCUT2D eigenvalue weighted by atomic mass is 35.5. The van der Waals surface area contributed by atoms with Crippen molar-refractivity contribution in [2.45, 2.75) is 50.4 Å². The molecule has 0 aliphatic carbocycles. The molecule has 24 heavy (non-hydrogen) atoms. The summed E-state index contributed by atoms with van der Waals surface area (Å²) < 4.78 is 5.63. The third-order valence-corrected chi connectivity index (χ3v) is 5.44. The van der Waals surface area contributed by atoms with Gasteiger partial charge in [-0.25, -0.2) is 0 Å². The molecule has 1 aliphatic heterocycles. The van der Waals surface area contributed by atoms with E-state index in [4.69, 9.17) is 16.0 Å². The predicted octanol–water partition coefficient (Wildman–Crippen LogP) is 4.27. The summed E-state index contributed by atoms with van der Waals surface area (Å²) in [6, 6.07) is 7.90. The van der Waals surface area contributed by atoms with E-state index >= 15 is 0 Å². The highest BCUT2D eigenvalue weighted by Crippen LogP contribution is 2.29. The summed E-state index contributed by atoms with van der Waals surface area (Å²) in [7, 11) is 0. The zero-order valence-corrected chi connectivity index (χ0v) is 15.3. The molecule has 1 aromatic carbocycles.